The molecule has 0 saturated heterocycles. The average molecular weight is 345 g/mol. The highest BCUT2D eigenvalue weighted by Gasteiger charge is 2.17. The lowest BCUT2D eigenvalue weighted by molar-refractivity contribution is -0.384. The molecule has 2 aromatic heterocycles. The van der Waals surface area contributed by atoms with Crippen LogP contribution in [-0.4, -0.2) is 26.1 Å². The first-order valence-electron chi connectivity index (χ1n) is 6.47. The number of thioether (sulfide) groups is 1. The van der Waals surface area contributed by atoms with Gasteiger partial charge in [-0.25, -0.2) is 15.0 Å². The number of rotatable bonds is 4. The Balaban J connectivity index is 2.14. The minimum Gasteiger partial charge on any atom is -0.375 e. The van der Waals surface area contributed by atoms with Crippen molar-refractivity contribution in [1.29, 1.82) is 0 Å². The summed E-state index contributed by atoms with van der Waals surface area (Å²) in [5.41, 5.74) is 7.77. The van der Waals surface area contributed by atoms with Crippen LogP contribution in [0.2, 0.25) is 0 Å². The van der Waals surface area contributed by atoms with Gasteiger partial charge in [-0.05, 0) is 12.3 Å². The molecule has 2 N–H and O–H groups in total. The van der Waals surface area contributed by atoms with Crippen molar-refractivity contribution in [1.82, 2.24) is 15.0 Å². The monoisotopic (exact) mass is 345 g/mol. The van der Waals surface area contributed by atoms with Crippen molar-refractivity contribution in [3.8, 4) is 21.8 Å². The fourth-order valence-electron chi connectivity index (χ4n) is 2.04. The van der Waals surface area contributed by atoms with Crippen LogP contribution in [0.15, 0.2) is 41.7 Å². The molecule has 3 rings (SSSR count). The molecular formula is C14H11N5O2S2. The molecule has 0 fully saturated rings. The van der Waals surface area contributed by atoms with E-state index < -0.39 is 4.92 Å². The van der Waals surface area contributed by atoms with Crippen LogP contribution in [-0.2, 0) is 0 Å². The van der Waals surface area contributed by atoms with Crippen molar-refractivity contribution in [2.75, 3.05) is 12.0 Å². The number of aromatic nitrogens is 3. The maximum absolute atomic E-state index is 11.0. The molecule has 0 aliphatic heterocycles. The third kappa shape index (κ3) is 3.15. The third-order valence-electron chi connectivity index (χ3n) is 3.02. The van der Waals surface area contributed by atoms with Crippen molar-refractivity contribution < 1.29 is 4.92 Å². The fraction of sp³-hybridized carbons (Fsp3) is 0.0714. The number of nitrogens with zero attached hydrogens (tertiary/aromatic N) is 4. The molecular weight excluding hydrogens is 334 g/mol. The minimum atomic E-state index is -0.435. The molecule has 0 unspecified atom stereocenters. The van der Waals surface area contributed by atoms with Crippen LogP contribution in [0.5, 0.6) is 0 Å². The smallest absolute Gasteiger partial charge is 0.270 e. The Kier molecular flexibility index (Phi) is 4.22. The molecule has 0 spiro atoms. The van der Waals surface area contributed by atoms with Crippen molar-refractivity contribution in [2.24, 2.45) is 0 Å². The van der Waals surface area contributed by atoms with Crippen LogP contribution in [0, 0.1) is 10.1 Å². The number of hydrogen-bond donors (Lipinski definition) is 1. The molecule has 9 heteroatoms. The maximum Gasteiger partial charge on any atom is 0.270 e. The highest BCUT2D eigenvalue weighted by Crippen LogP contribution is 2.38. The van der Waals surface area contributed by atoms with Gasteiger partial charge in [-0.1, -0.05) is 35.2 Å². The normalized spacial score (nSPS) is 10.7. The Morgan fingerprint density at radius 2 is 2.13 bits per heavy atom. The second kappa shape index (κ2) is 6.31. The Labute approximate surface area is 139 Å². The van der Waals surface area contributed by atoms with Gasteiger partial charge in [-0.3, -0.25) is 10.1 Å². The second-order valence-electron chi connectivity index (χ2n) is 4.47. The molecule has 3 aromatic rings. The van der Waals surface area contributed by atoms with Gasteiger partial charge in [0.25, 0.3) is 5.69 Å². The lowest BCUT2D eigenvalue weighted by Crippen LogP contribution is -1.91. The predicted octanol–water partition coefficient (Wildman–Crippen LogP) is 3.48. The fourth-order valence-corrected chi connectivity index (χ4v) is 3.22. The zero-order chi connectivity index (χ0) is 16.4. The van der Waals surface area contributed by atoms with Gasteiger partial charge in [0.05, 0.1) is 21.2 Å². The van der Waals surface area contributed by atoms with Crippen LogP contribution in [0.4, 0.5) is 10.8 Å². The number of nitrogen functional groups attached to an aromatic ring is 1. The Morgan fingerprint density at radius 1 is 1.30 bits per heavy atom. The van der Waals surface area contributed by atoms with Crippen molar-refractivity contribution >= 4 is 33.9 Å². The zero-order valence-electron chi connectivity index (χ0n) is 12.0. The summed E-state index contributed by atoms with van der Waals surface area (Å²) in [5.74, 6) is 0. The lowest BCUT2D eigenvalue weighted by Gasteiger charge is -2.03. The molecule has 0 atom stereocenters. The molecule has 2 heterocycles. The first-order chi connectivity index (χ1) is 11.1. The summed E-state index contributed by atoms with van der Waals surface area (Å²) < 4.78 is 0. The lowest BCUT2D eigenvalue weighted by atomic mass is 10.1. The highest BCUT2D eigenvalue weighted by molar-refractivity contribution is 7.98. The Morgan fingerprint density at radius 3 is 2.87 bits per heavy atom. The van der Waals surface area contributed by atoms with Gasteiger partial charge in [0, 0.05) is 23.9 Å². The zero-order valence-corrected chi connectivity index (χ0v) is 13.6. The topological polar surface area (TPSA) is 108 Å². The predicted molar refractivity (Wildman–Crippen MR) is 91.4 cm³/mol. The van der Waals surface area contributed by atoms with Gasteiger partial charge in [0.1, 0.15) is 0 Å². The molecule has 116 valence electrons. The number of non-ortho nitro benzene ring substituents is 1. The summed E-state index contributed by atoms with van der Waals surface area (Å²) >= 11 is 2.73. The summed E-state index contributed by atoms with van der Waals surface area (Å²) in [5, 5.41) is 12.0. The third-order valence-corrected chi connectivity index (χ3v) is 4.49. The van der Waals surface area contributed by atoms with Crippen molar-refractivity contribution in [3.05, 3.63) is 46.6 Å². The number of nitro groups is 1. The molecule has 0 amide bonds. The van der Waals surface area contributed by atoms with Crippen LogP contribution < -0.4 is 5.73 Å². The summed E-state index contributed by atoms with van der Waals surface area (Å²) in [7, 11) is 0. The quantitative estimate of drug-likeness (QED) is 0.334. The molecule has 0 aliphatic rings. The number of hydrogen-bond acceptors (Lipinski definition) is 8. The molecule has 1 aromatic carbocycles. The van der Waals surface area contributed by atoms with E-state index >= 15 is 0 Å². The van der Waals surface area contributed by atoms with E-state index in [1.54, 1.807) is 24.4 Å². The number of nitrogens with two attached hydrogens (primary N) is 1. The van der Waals surface area contributed by atoms with Crippen LogP contribution in [0.3, 0.4) is 0 Å². The van der Waals surface area contributed by atoms with Gasteiger partial charge >= 0.3 is 0 Å². The maximum atomic E-state index is 11.0. The summed E-state index contributed by atoms with van der Waals surface area (Å²) in [4.78, 5) is 24.2. The largest absolute Gasteiger partial charge is 0.375 e. The Hall–Kier alpha value is -2.52. The SMILES string of the molecule is CSc1nccc(-c2sc(N)nc2-c2cccc([N+](=O)[O-])c2)n1. The first kappa shape index (κ1) is 15.4. The Bertz CT molecular complexity index is 881. The number of benzene rings is 1. The minimum absolute atomic E-state index is 0.00696. The average Bonchev–Trinajstić information content (AvgIpc) is 2.97. The van der Waals surface area contributed by atoms with E-state index in [1.165, 1.54) is 35.2 Å². The van der Waals surface area contributed by atoms with E-state index in [9.17, 15) is 10.1 Å². The van der Waals surface area contributed by atoms with Gasteiger partial charge in [-0.15, -0.1) is 0 Å². The number of thiazole rings is 1. The molecule has 23 heavy (non-hydrogen) atoms. The summed E-state index contributed by atoms with van der Waals surface area (Å²) in [6.07, 6.45) is 3.56. The number of anilines is 1. The molecule has 0 radical (unpaired) electrons. The number of nitro benzene ring substituents is 1. The van der Waals surface area contributed by atoms with Gasteiger partial charge in [-0.2, -0.15) is 0 Å². The highest BCUT2D eigenvalue weighted by atomic mass is 32.2. The van der Waals surface area contributed by atoms with E-state index in [2.05, 4.69) is 15.0 Å². The summed E-state index contributed by atoms with van der Waals surface area (Å²) in [6.45, 7) is 0. The second-order valence-corrected chi connectivity index (χ2v) is 6.27. The molecule has 0 bridgehead atoms. The molecule has 0 aliphatic carbocycles. The van der Waals surface area contributed by atoms with Gasteiger partial charge < -0.3 is 5.73 Å². The van der Waals surface area contributed by atoms with Crippen molar-refractivity contribution in [3.63, 3.8) is 0 Å². The van der Waals surface area contributed by atoms with Crippen LogP contribution in [0.1, 0.15) is 0 Å². The summed E-state index contributed by atoms with van der Waals surface area (Å²) in [6, 6.07) is 8.08. The van der Waals surface area contributed by atoms with Crippen molar-refractivity contribution in [2.45, 2.75) is 5.16 Å². The van der Waals surface area contributed by atoms with Gasteiger partial charge in [0.2, 0.25) is 0 Å². The van der Waals surface area contributed by atoms with E-state index in [0.29, 0.717) is 27.2 Å². The molecule has 0 saturated carbocycles. The first-order valence-corrected chi connectivity index (χ1v) is 8.51. The van der Waals surface area contributed by atoms with Crippen LogP contribution >= 0.6 is 23.1 Å². The van der Waals surface area contributed by atoms with E-state index in [4.69, 9.17) is 5.73 Å². The van der Waals surface area contributed by atoms with E-state index in [1.807, 2.05) is 6.26 Å². The van der Waals surface area contributed by atoms with Gasteiger partial charge in [0.15, 0.2) is 10.3 Å². The molecule has 7 nitrogen and oxygen atoms in total. The standard InChI is InChI=1S/C14H11N5O2S2/c1-22-14-16-6-5-10(17-14)12-11(18-13(15)23-12)8-3-2-4-9(7-8)19(20)21/h2-7H,1H3,(H2,15,18). The van der Waals surface area contributed by atoms with Crippen LogP contribution in [0.25, 0.3) is 21.8 Å². The van der Waals surface area contributed by atoms with E-state index in [0.717, 1.165) is 4.88 Å². The van der Waals surface area contributed by atoms with E-state index in [-0.39, 0.29) is 5.69 Å².